The number of hydrogen-bond acceptors (Lipinski definition) is 4. The highest BCUT2D eigenvalue weighted by Gasteiger charge is 2.30. The summed E-state index contributed by atoms with van der Waals surface area (Å²) in [5, 5.41) is 8.69. The first kappa shape index (κ1) is 12.4. The topological polar surface area (TPSA) is 65.0 Å². The number of carboxylic acids is 1. The lowest BCUT2D eigenvalue weighted by molar-refractivity contribution is -0.150. The Morgan fingerprint density at radius 1 is 1.40 bits per heavy atom. The van der Waals surface area contributed by atoms with Gasteiger partial charge in [-0.3, -0.25) is 0 Å². The molecule has 0 bridgehead atoms. The maximum Gasteiger partial charge on any atom is 0.332 e. The molecular weight excluding hydrogens is 200 g/mol. The van der Waals surface area contributed by atoms with Crippen molar-refractivity contribution in [3.8, 4) is 0 Å². The molecule has 0 radical (unpaired) electrons. The van der Waals surface area contributed by atoms with Crippen molar-refractivity contribution in [3.05, 3.63) is 0 Å². The van der Waals surface area contributed by atoms with Crippen LogP contribution in [0.5, 0.6) is 0 Å². The Balaban J connectivity index is 2.01. The first-order chi connectivity index (χ1) is 7.24. The normalized spacial score (nSPS) is 25.7. The molecular formula is C10H18O5. The largest absolute Gasteiger partial charge is 0.479 e. The monoisotopic (exact) mass is 218 g/mol. The quantitative estimate of drug-likeness (QED) is 0.636. The highest BCUT2D eigenvalue weighted by molar-refractivity contribution is 5.72. The van der Waals surface area contributed by atoms with Gasteiger partial charge in [-0.2, -0.15) is 0 Å². The molecule has 1 saturated heterocycles. The summed E-state index contributed by atoms with van der Waals surface area (Å²) < 4.78 is 15.7. The van der Waals surface area contributed by atoms with Gasteiger partial charge >= 0.3 is 5.97 Å². The lowest BCUT2D eigenvalue weighted by Gasteiger charge is -2.11. The minimum atomic E-state index is -0.883. The summed E-state index contributed by atoms with van der Waals surface area (Å²) in [6.45, 7) is 4.18. The Morgan fingerprint density at radius 3 is 2.73 bits per heavy atom. The van der Waals surface area contributed by atoms with Crippen LogP contribution in [0.25, 0.3) is 0 Å². The number of ether oxygens (including phenoxy) is 3. The molecule has 1 heterocycles. The third-order valence-corrected chi connectivity index (χ3v) is 2.26. The van der Waals surface area contributed by atoms with Gasteiger partial charge in [0, 0.05) is 6.61 Å². The van der Waals surface area contributed by atoms with Crippen molar-refractivity contribution >= 4 is 5.97 Å². The zero-order valence-electron chi connectivity index (χ0n) is 8.98. The summed E-state index contributed by atoms with van der Waals surface area (Å²) in [7, 11) is 0. The number of aliphatic carboxylic acids is 1. The SMILES string of the molecule is CCOCCOCC1CCC(C(=O)O)O1. The molecule has 0 saturated carbocycles. The van der Waals surface area contributed by atoms with E-state index >= 15 is 0 Å². The number of carboxylic acid groups (broad SMARTS) is 1. The van der Waals surface area contributed by atoms with Crippen molar-refractivity contribution in [1.82, 2.24) is 0 Å². The van der Waals surface area contributed by atoms with Gasteiger partial charge < -0.3 is 19.3 Å². The average molecular weight is 218 g/mol. The standard InChI is InChI=1S/C10H18O5/c1-2-13-5-6-14-7-8-3-4-9(15-8)10(11)12/h8-9H,2-7H2,1H3,(H,11,12). The summed E-state index contributed by atoms with van der Waals surface area (Å²) in [6.07, 6.45) is 0.610. The van der Waals surface area contributed by atoms with Crippen molar-refractivity contribution in [3.63, 3.8) is 0 Å². The minimum Gasteiger partial charge on any atom is -0.479 e. The summed E-state index contributed by atoms with van der Waals surface area (Å²) in [4.78, 5) is 10.6. The van der Waals surface area contributed by atoms with E-state index in [4.69, 9.17) is 19.3 Å². The fourth-order valence-electron chi connectivity index (χ4n) is 1.49. The lowest BCUT2D eigenvalue weighted by Crippen LogP contribution is -2.23. The Labute approximate surface area is 89.3 Å². The molecule has 0 spiro atoms. The Hall–Kier alpha value is -0.650. The number of hydrogen-bond donors (Lipinski definition) is 1. The first-order valence-corrected chi connectivity index (χ1v) is 5.27. The van der Waals surface area contributed by atoms with Crippen LogP contribution in [0.4, 0.5) is 0 Å². The molecule has 5 nitrogen and oxygen atoms in total. The van der Waals surface area contributed by atoms with Gasteiger partial charge in [0.1, 0.15) is 0 Å². The third-order valence-electron chi connectivity index (χ3n) is 2.26. The molecule has 0 aromatic rings. The predicted molar refractivity (Wildman–Crippen MR) is 52.8 cm³/mol. The minimum absolute atomic E-state index is 0.0762. The van der Waals surface area contributed by atoms with Crippen molar-refractivity contribution < 1.29 is 24.1 Å². The summed E-state index contributed by atoms with van der Waals surface area (Å²) in [5.41, 5.74) is 0. The second-order valence-corrected chi connectivity index (χ2v) is 3.43. The van der Waals surface area contributed by atoms with E-state index in [9.17, 15) is 4.79 Å². The number of rotatable bonds is 7. The molecule has 1 fully saturated rings. The van der Waals surface area contributed by atoms with Crippen LogP contribution in [0.3, 0.4) is 0 Å². The van der Waals surface area contributed by atoms with E-state index in [1.54, 1.807) is 0 Å². The molecule has 1 aliphatic rings. The molecule has 0 aromatic carbocycles. The van der Waals surface area contributed by atoms with Crippen LogP contribution < -0.4 is 0 Å². The van der Waals surface area contributed by atoms with Gasteiger partial charge in [-0.15, -0.1) is 0 Å². The van der Waals surface area contributed by atoms with Gasteiger partial charge in [0.05, 0.1) is 25.9 Å². The molecule has 0 amide bonds. The third kappa shape index (κ3) is 4.59. The van der Waals surface area contributed by atoms with E-state index in [1.807, 2.05) is 6.92 Å². The summed E-state index contributed by atoms with van der Waals surface area (Å²) in [5.74, 6) is -0.883. The van der Waals surface area contributed by atoms with Crippen LogP contribution in [-0.2, 0) is 19.0 Å². The smallest absolute Gasteiger partial charge is 0.332 e. The summed E-state index contributed by atoms with van der Waals surface area (Å²) in [6, 6.07) is 0. The van der Waals surface area contributed by atoms with Crippen molar-refractivity contribution in [1.29, 1.82) is 0 Å². The number of carbonyl (C=O) groups is 1. The van der Waals surface area contributed by atoms with Gasteiger partial charge in [-0.25, -0.2) is 4.79 Å². The Morgan fingerprint density at radius 2 is 2.13 bits per heavy atom. The van der Waals surface area contributed by atoms with E-state index in [1.165, 1.54) is 0 Å². The molecule has 2 atom stereocenters. The summed E-state index contributed by atoms with van der Waals surface area (Å²) >= 11 is 0. The van der Waals surface area contributed by atoms with Gasteiger partial charge in [-0.1, -0.05) is 0 Å². The molecule has 1 N–H and O–H groups in total. The molecule has 0 aliphatic carbocycles. The highest BCUT2D eigenvalue weighted by Crippen LogP contribution is 2.19. The van der Waals surface area contributed by atoms with Crippen LogP contribution in [0.2, 0.25) is 0 Å². The molecule has 88 valence electrons. The predicted octanol–water partition coefficient (Wildman–Crippen LogP) is 0.672. The van der Waals surface area contributed by atoms with Crippen LogP contribution in [0, 0.1) is 0 Å². The zero-order chi connectivity index (χ0) is 11.1. The van der Waals surface area contributed by atoms with Gasteiger partial charge in [0.25, 0.3) is 0 Å². The molecule has 15 heavy (non-hydrogen) atoms. The van der Waals surface area contributed by atoms with Gasteiger partial charge in [0.15, 0.2) is 6.10 Å². The first-order valence-electron chi connectivity index (χ1n) is 5.27. The van der Waals surface area contributed by atoms with E-state index in [0.717, 1.165) is 6.42 Å². The zero-order valence-corrected chi connectivity index (χ0v) is 8.98. The highest BCUT2D eigenvalue weighted by atomic mass is 16.6. The van der Waals surface area contributed by atoms with Crippen molar-refractivity contribution in [2.75, 3.05) is 26.4 Å². The fourth-order valence-corrected chi connectivity index (χ4v) is 1.49. The van der Waals surface area contributed by atoms with Gasteiger partial charge in [-0.05, 0) is 19.8 Å². The molecule has 5 heteroatoms. The van der Waals surface area contributed by atoms with Crippen molar-refractivity contribution in [2.45, 2.75) is 32.0 Å². The van der Waals surface area contributed by atoms with Crippen LogP contribution >= 0.6 is 0 Å². The second-order valence-electron chi connectivity index (χ2n) is 3.43. The van der Waals surface area contributed by atoms with Gasteiger partial charge in [0.2, 0.25) is 0 Å². The average Bonchev–Trinajstić information content (AvgIpc) is 2.66. The second kappa shape index (κ2) is 6.76. The molecule has 1 aliphatic heterocycles. The van der Waals surface area contributed by atoms with Crippen LogP contribution in [-0.4, -0.2) is 49.7 Å². The van der Waals surface area contributed by atoms with E-state index in [2.05, 4.69) is 0 Å². The Kier molecular flexibility index (Phi) is 5.60. The molecule has 2 unspecified atom stereocenters. The Bertz CT molecular complexity index is 194. The van der Waals surface area contributed by atoms with E-state index in [-0.39, 0.29) is 6.10 Å². The van der Waals surface area contributed by atoms with Crippen LogP contribution in [0.15, 0.2) is 0 Å². The van der Waals surface area contributed by atoms with Crippen molar-refractivity contribution in [2.24, 2.45) is 0 Å². The molecule has 1 rings (SSSR count). The maximum atomic E-state index is 10.6. The fraction of sp³-hybridized carbons (Fsp3) is 0.900. The maximum absolute atomic E-state index is 10.6. The van der Waals surface area contributed by atoms with E-state index in [0.29, 0.717) is 32.8 Å². The van der Waals surface area contributed by atoms with E-state index < -0.39 is 12.1 Å². The molecule has 0 aromatic heterocycles. The van der Waals surface area contributed by atoms with Crippen LogP contribution in [0.1, 0.15) is 19.8 Å². The lowest BCUT2D eigenvalue weighted by atomic mass is 10.2.